The van der Waals surface area contributed by atoms with Crippen molar-refractivity contribution >= 4 is 17.9 Å². The van der Waals surface area contributed by atoms with E-state index in [1.807, 2.05) is 0 Å². The number of nitrogens with zero attached hydrogens (tertiary/aromatic N) is 1. The highest BCUT2D eigenvalue weighted by Crippen LogP contribution is 2.25. The lowest BCUT2D eigenvalue weighted by Crippen LogP contribution is -2.49. The van der Waals surface area contributed by atoms with Crippen LogP contribution >= 0.6 is 0 Å². The van der Waals surface area contributed by atoms with Gasteiger partial charge in [0.2, 0.25) is 5.91 Å². The third kappa shape index (κ3) is 2.64. The summed E-state index contributed by atoms with van der Waals surface area (Å²) >= 11 is 0. The van der Waals surface area contributed by atoms with Gasteiger partial charge >= 0.3 is 0 Å². The first kappa shape index (κ1) is 11.9. The minimum absolute atomic E-state index is 0.106. The molecule has 1 amide bonds. The molecule has 1 rings (SSSR count). The highest BCUT2D eigenvalue weighted by Gasteiger charge is 2.31. The smallest absolute Gasteiger partial charge is 0.220 e. The molecular formula is C11H18N2O2. The number of hydrogen-bond acceptors (Lipinski definition) is 3. The molecule has 15 heavy (non-hydrogen) atoms. The van der Waals surface area contributed by atoms with Crippen LogP contribution in [0.25, 0.3) is 0 Å². The lowest BCUT2D eigenvalue weighted by molar-refractivity contribution is -0.137. The van der Waals surface area contributed by atoms with Crippen LogP contribution in [0.1, 0.15) is 39.5 Å². The summed E-state index contributed by atoms with van der Waals surface area (Å²) in [6, 6.07) is -0.511. The molecule has 0 bridgehead atoms. The molecule has 1 aliphatic rings. The molecule has 0 aromatic carbocycles. The maximum atomic E-state index is 11.5. The van der Waals surface area contributed by atoms with Gasteiger partial charge in [0.15, 0.2) is 5.78 Å². The summed E-state index contributed by atoms with van der Waals surface area (Å²) in [5.74, 6) is -0.238. The van der Waals surface area contributed by atoms with E-state index < -0.39 is 6.04 Å². The fraction of sp³-hybridized carbons (Fsp3) is 0.727. The van der Waals surface area contributed by atoms with Gasteiger partial charge in [0.25, 0.3) is 0 Å². The minimum atomic E-state index is -0.661. The van der Waals surface area contributed by atoms with E-state index in [-0.39, 0.29) is 17.7 Å². The number of nitrogens with one attached hydrogen (secondary N) is 1. The molecule has 0 spiro atoms. The summed E-state index contributed by atoms with van der Waals surface area (Å²) in [5, 5.41) is 7.24. The van der Waals surface area contributed by atoms with E-state index in [0.717, 1.165) is 31.9 Å². The van der Waals surface area contributed by atoms with Crippen molar-refractivity contribution in [1.29, 1.82) is 5.41 Å². The molecular weight excluding hydrogens is 192 g/mol. The zero-order chi connectivity index (χ0) is 11.4. The summed E-state index contributed by atoms with van der Waals surface area (Å²) in [6.45, 7) is 2.90. The summed E-state index contributed by atoms with van der Waals surface area (Å²) in [6.07, 6.45) is 5.20. The van der Waals surface area contributed by atoms with E-state index in [1.54, 1.807) is 4.90 Å². The highest BCUT2D eigenvalue weighted by atomic mass is 16.2. The number of hydrogen-bond donors (Lipinski definition) is 1. The SMILES string of the molecule is CC(=O)C(C=N)N(C(C)=O)C1CCCC1. The molecule has 0 radical (unpaired) electrons. The molecule has 1 N–H and O–H groups in total. The first-order chi connectivity index (χ1) is 7.07. The van der Waals surface area contributed by atoms with Crippen LogP contribution in [-0.4, -0.2) is 34.9 Å². The van der Waals surface area contributed by atoms with Gasteiger partial charge in [0.1, 0.15) is 6.04 Å². The van der Waals surface area contributed by atoms with Gasteiger partial charge in [0.05, 0.1) is 0 Å². The quantitative estimate of drug-likeness (QED) is 0.713. The molecule has 0 aromatic rings. The van der Waals surface area contributed by atoms with Gasteiger partial charge in [-0.25, -0.2) is 0 Å². The molecule has 1 unspecified atom stereocenters. The van der Waals surface area contributed by atoms with Crippen LogP contribution in [-0.2, 0) is 9.59 Å². The number of amides is 1. The van der Waals surface area contributed by atoms with Crippen molar-refractivity contribution < 1.29 is 9.59 Å². The number of ketones is 1. The van der Waals surface area contributed by atoms with E-state index in [2.05, 4.69) is 0 Å². The number of rotatable bonds is 4. The van der Waals surface area contributed by atoms with Crippen LogP contribution in [0.15, 0.2) is 0 Å². The van der Waals surface area contributed by atoms with Crippen LogP contribution in [0.4, 0.5) is 0 Å². The summed E-state index contributed by atoms with van der Waals surface area (Å²) in [5.41, 5.74) is 0. The summed E-state index contributed by atoms with van der Waals surface area (Å²) in [7, 11) is 0. The van der Waals surface area contributed by atoms with Crippen molar-refractivity contribution in [1.82, 2.24) is 4.90 Å². The largest absolute Gasteiger partial charge is 0.325 e. The molecule has 1 saturated carbocycles. The monoisotopic (exact) mass is 210 g/mol. The second-order valence-corrected chi connectivity index (χ2v) is 4.09. The topological polar surface area (TPSA) is 61.2 Å². The normalized spacial score (nSPS) is 18.5. The molecule has 4 heteroatoms. The Bertz CT molecular complexity index is 270. The van der Waals surface area contributed by atoms with Gasteiger partial charge in [-0.2, -0.15) is 0 Å². The van der Waals surface area contributed by atoms with Gasteiger partial charge in [-0.05, 0) is 19.8 Å². The molecule has 1 aliphatic carbocycles. The Hall–Kier alpha value is -1.19. The average molecular weight is 210 g/mol. The second kappa shape index (κ2) is 5.05. The molecule has 0 heterocycles. The van der Waals surface area contributed by atoms with Crippen LogP contribution in [0.2, 0.25) is 0 Å². The summed E-state index contributed by atoms with van der Waals surface area (Å²) < 4.78 is 0. The Morgan fingerprint density at radius 2 is 1.87 bits per heavy atom. The van der Waals surface area contributed by atoms with Crippen LogP contribution in [0, 0.1) is 5.41 Å². The number of Topliss-reactive ketones (excluding diaryl/α,β-unsaturated/α-hetero) is 1. The fourth-order valence-corrected chi connectivity index (χ4v) is 2.26. The van der Waals surface area contributed by atoms with Crippen molar-refractivity contribution in [2.75, 3.05) is 0 Å². The zero-order valence-corrected chi connectivity index (χ0v) is 9.32. The highest BCUT2D eigenvalue weighted by molar-refractivity contribution is 5.99. The van der Waals surface area contributed by atoms with Crippen molar-refractivity contribution in [3.8, 4) is 0 Å². The van der Waals surface area contributed by atoms with E-state index >= 15 is 0 Å². The molecule has 84 valence electrons. The summed E-state index contributed by atoms with van der Waals surface area (Å²) in [4.78, 5) is 24.4. The van der Waals surface area contributed by atoms with E-state index in [1.165, 1.54) is 13.8 Å². The van der Waals surface area contributed by atoms with Gasteiger partial charge in [0, 0.05) is 19.2 Å². The Kier molecular flexibility index (Phi) is 4.00. The van der Waals surface area contributed by atoms with E-state index in [9.17, 15) is 9.59 Å². The van der Waals surface area contributed by atoms with Crippen LogP contribution in [0.3, 0.4) is 0 Å². The molecule has 1 atom stereocenters. The second-order valence-electron chi connectivity index (χ2n) is 4.09. The average Bonchev–Trinajstić information content (AvgIpc) is 2.64. The standard InChI is InChI=1S/C11H18N2O2/c1-8(14)11(7-12)13(9(2)15)10-5-3-4-6-10/h7,10-12H,3-6H2,1-2H3. The third-order valence-electron chi connectivity index (χ3n) is 2.96. The maximum Gasteiger partial charge on any atom is 0.220 e. The third-order valence-corrected chi connectivity index (χ3v) is 2.96. The Labute approximate surface area is 90.2 Å². The van der Waals surface area contributed by atoms with Crippen molar-refractivity contribution in [2.45, 2.75) is 51.6 Å². The van der Waals surface area contributed by atoms with Gasteiger partial charge in [-0.1, -0.05) is 12.8 Å². The first-order valence-electron chi connectivity index (χ1n) is 5.38. The van der Waals surface area contributed by atoms with Gasteiger partial charge < -0.3 is 10.3 Å². The molecule has 0 aliphatic heterocycles. The molecule has 0 saturated heterocycles. The molecule has 0 aromatic heterocycles. The van der Waals surface area contributed by atoms with E-state index in [0.29, 0.717) is 0 Å². The van der Waals surface area contributed by atoms with Crippen molar-refractivity contribution in [3.63, 3.8) is 0 Å². The molecule has 4 nitrogen and oxygen atoms in total. The first-order valence-corrected chi connectivity index (χ1v) is 5.38. The Morgan fingerprint density at radius 1 is 1.33 bits per heavy atom. The number of carbonyl (C=O) groups is 2. The van der Waals surface area contributed by atoms with Crippen molar-refractivity contribution in [2.24, 2.45) is 0 Å². The lowest BCUT2D eigenvalue weighted by Gasteiger charge is -2.32. The van der Waals surface area contributed by atoms with Crippen LogP contribution < -0.4 is 0 Å². The lowest BCUT2D eigenvalue weighted by atomic mass is 10.1. The van der Waals surface area contributed by atoms with Gasteiger partial charge in [-0.15, -0.1) is 0 Å². The predicted molar refractivity (Wildman–Crippen MR) is 58.0 cm³/mol. The fourth-order valence-electron chi connectivity index (χ4n) is 2.26. The Balaban J connectivity index is 2.84. The van der Waals surface area contributed by atoms with Gasteiger partial charge in [-0.3, -0.25) is 9.59 Å². The zero-order valence-electron chi connectivity index (χ0n) is 9.32. The minimum Gasteiger partial charge on any atom is -0.325 e. The van der Waals surface area contributed by atoms with E-state index in [4.69, 9.17) is 5.41 Å². The van der Waals surface area contributed by atoms with Crippen molar-refractivity contribution in [3.05, 3.63) is 0 Å². The maximum absolute atomic E-state index is 11.5. The Morgan fingerprint density at radius 3 is 2.20 bits per heavy atom. The molecule has 1 fully saturated rings. The predicted octanol–water partition coefficient (Wildman–Crippen LogP) is 1.38. The van der Waals surface area contributed by atoms with Crippen LogP contribution in [0.5, 0.6) is 0 Å². The number of carbonyl (C=O) groups excluding carboxylic acids is 2.